The van der Waals surface area contributed by atoms with Crippen LogP contribution >= 0.6 is 0 Å². The van der Waals surface area contributed by atoms with Crippen molar-refractivity contribution < 1.29 is 4.79 Å². The molecule has 6 nitrogen and oxygen atoms in total. The van der Waals surface area contributed by atoms with Crippen LogP contribution in [0.15, 0.2) is 30.3 Å². The fraction of sp³-hybridized carbons (Fsp3) is 0.421. The summed E-state index contributed by atoms with van der Waals surface area (Å²) in [4.78, 5) is 14.2. The van der Waals surface area contributed by atoms with Crippen LogP contribution in [0.5, 0.6) is 0 Å². The Balaban J connectivity index is 1.97. The summed E-state index contributed by atoms with van der Waals surface area (Å²) in [7, 11) is 4.02. The van der Waals surface area contributed by atoms with Crippen molar-refractivity contribution in [3.8, 4) is 0 Å². The maximum absolute atomic E-state index is 12.1. The molecule has 0 spiro atoms. The average molecular weight is 341 g/mol. The van der Waals surface area contributed by atoms with Crippen molar-refractivity contribution in [1.82, 2.24) is 20.4 Å². The molecule has 1 aromatic heterocycles. The molecule has 1 heterocycles. The van der Waals surface area contributed by atoms with Crippen molar-refractivity contribution in [2.24, 2.45) is 0 Å². The lowest BCUT2D eigenvalue weighted by Gasteiger charge is -2.13. The SMILES string of the molecule is CCc1cccc(C)c1Nc1ccc(C(=O)NCCCN(C)C)nn1. The van der Waals surface area contributed by atoms with Crippen molar-refractivity contribution in [3.63, 3.8) is 0 Å². The van der Waals surface area contributed by atoms with Crippen LogP contribution in [0.1, 0.15) is 35.0 Å². The van der Waals surface area contributed by atoms with Gasteiger partial charge in [0.05, 0.1) is 0 Å². The summed E-state index contributed by atoms with van der Waals surface area (Å²) in [6.45, 7) is 5.74. The number of rotatable bonds is 8. The first-order valence-electron chi connectivity index (χ1n) is 8.63. The molecule has 25 heavy (non-hydrogen) atoms. The van der Waals surface area contributed by atoms with Gasteiger partial charge in [-0.15, -0.1) is 10.2 Å². The molecule has 6 heteroatoms. The number of aromatic nitrogens is 2. The zero-order valence-corrected chi connectivity index (χ0v) is 15.5. The topological polar surface area (TPSA) is 70.2 Å². The Hall–Kier alpha value is -2.47. The third kappa shape index (κ3) is 5.53. The van der Waals surface area contributed by atoms with Gasteiger partial charge < -0.3 is 15.5 Å². The third-order valence-corrected chi connectivity index (χ3v) is 3.96. The van der Waals surface area contributed by atoms with Gasteiger partial charge in [0.25, 0.3) is 5.91 Å². The van der Waals surface area contributed by atoms with Crippen LogP contribution in [0.25, 0.3) is 0 Å². The lowest BCUT2D eigenvalue weighted by atomic mass is 10.1. The highest BCUT2D eigenvalue weighted by atomic mass is 16.1. The quantitative estimate of drug-likeness (QED) is 0.723. The summed E-state index contributed by atoms with van der Waals surface area (Å²) in [5, 5.41) is 14.4. The zero-order valence-electron chi connectivity index (χ0n) is 15.5. The van der Waals surface area contributed by atoms with E-state index in [9.17, 15) is 4.79 Å². The number of nitrogens with zero attached hydrogens (tertiary/aromatic N) is 3. The van der Waals surface area contributed by atoms with Crippen molar-refractivity contribution in [3.05, 3.63) is 47.2 Å². The van der Waals surface area contributed by atoms with Crippen molar-refractivity contribution >= 4 is 17.4 Å². The molecular formula is C19H27N5O. The Morgan fingerprint density at radius 3 is 2.60 bits per heavy atom. The van der Waals surface area contributed by atoms with Crippen LogP contribution < -0.4 is 10.6 Å². The normalized spacial score (nSPS) is 10.8. The molecule has 0 saturated carbocycles. The van der Waals surface area contributed by atoms with Gasteiger partial charge in [-0.3, -0.25) is 4.79 Å². The van der Waals surface area contributed by atoms with E-state index in [0.717, 1.165) is 30.6 Å². The minimum Gasteiger partial charge on any atom is -0.351 e. The predicted molar refractivity (Wildman–Crippen MR) is 101 cm³/mol. The van der Waals surface area contributed by atoms with E-state index in [1.54, 1.807) is 12.1 Å². The van der Waals surface area contributed by atoms with Crippen molar-refractivity contribution in [2.45, 2.75) is 26.7 Å². The number of nitrogens with one attached hydrogen (secondary N) is 2. The monoisotopic (exact) mass is 341 g/mol. The molecule has 0 saturated heterocycles. The van der Waals surface area contributed by atoms with Gasteiger partial charge >= 0.3 is 0 Å². The lowest BCUT2D eigenvalue weighted by molar-refractivity contribution is 0.0946. The maximum atomic E-state index is 12.1. The smallest absolute Gasteiger partial charge is 0.271 e. The Morgan fingerprint density at radius 1 is 1.16 bits per heavy atom. The number of carbonyl (C=O) groups excluding carboxylic acids is 1. The number of amides is 1. The number of hydrogen-bond acceptors (Lipinski definition) is 5. The van der Waals surface area contributed by atoms with Gasteiger partial charge in [0.1, 0.15) is 0 Å². The summed E-state index contributed by atoms with van der Waals surface area (Å²) < 4.78 is 0. The average Bonchev–Trinajstić information content (AvgIpc) is 2.60. The first-order chi connectivity index (χ1) is 12.0. The van der Waals surface area contributed by atoms with Gasteiger partial charge in [0, 0.05) is 12.2 Å². The number of anilines is 2. The second kappa shape index (κ2) is 9.13. The molecule has 2 aromatic rings. The van der Waals surface area contributed by atoms with E-state index in [1.165, 1.54) is 5.56 Å². The standard InChI is InChI=1S/C19H27N5O/c1-5-15-9-6-8-14(2)18(15)21-17-11-10-16(22-23-17)19(25)20-12-7-13-24(3)4/h6,8-11H,5,7,12-13H2,1-4H3,(H,20,25)(H,21,23). The van der Waals surface area contributed by atoms with Crippen LogP contribution in [-0.2, 0) is 6.42 Å². The Morgan fingerprint density at radius 2 is 1.96 bits per heavy atom. The number of hydrogen-bond donors (Lipinski definition) is 2. The maximum Gasteiger partial charge on any atom is 0.271 e. The molecule has 0 unspecified atom stereocenters. The Kier molecular flexibility index (Phi) is 6.89. The van der Waals surface area contributed by atoms with E-state index in [2.05, 4.69) is 57.8 Å². The molecule has 0 atom stereocenters. The van der Waals surface area contributed by atoms with Crippen LogP contribution in [-0.4, -0.2) is 48.2 Å². The molecule has 2 N–H and O–H groups in total. The number of para-hydroxylation sites is 1. The van der Waals surface area contributed by atoms with E-state index < -0.39 is 0 Å². The second-order valence-corrected chi connectivity index (χ2v) is 6.30. The van der Waals surface area contributed by atoms with Crippen LogP contribution in [0, 0.1) is 6.92 Å². The largest absolute Gasteiger partial charge is 0.351 e. The van der Waals surface area contributed by atoms with E-state index in [-0.39, 0.29) is 5.91 Å². The molecule has 0 bridgehead atoms. The van der Waals surface area contributed by atoms with Gasteiger partial charge in [-0.05, 0) is 63.7 Å². The van der Waals surface area contributed by atoms with Gasteiger partial charge in [-0.25, -0.2) is 0 Å². The van der Waals surface area contributed by atoms with Gasteiger partial charge in [-0.2, -0.15) is 0 Å². The van der Waals surface area contributed by atoms with Crippen LogP contribution in [0.4, 0.5) is 11.5 Å². The first kappa shape index (κ1) is 18.9. The molecule has 1 aromatic carbocycles. The third-order valence-electron chi connectivity index (χ3n) is 3.96. The number of benzene rings is 1. The fourth-order valence-corrected chi connectivity index (χ4v) is 2.54. The summed E-state index contributed by atoms with van der Waals surface area (Å²) >= 11 is 0. The summed E-state index contributed by atoms with van der Waals surface area (Å²) in [5.74, 6) is 0.441. The van der Waals surface area contributed by atoms with Crippen molar-refractivity contribution in [1.29, 1.82) is 0 Å². The fourth-order valence-electron chi connectivity index (χ4n) is 2.54. The number of aryl methyl sites for hydroxylation is 2. The molecule has 0 aliphatic rings. The molecule has 0 fully saturated rings. The minimum absolute atomic E-state index is 0.192. The molecule has 134 valence electrons. The highest BCUT2D eigenvalue weighted by Crippen LogP contribution is 2.24. The Labute approximate surface area is 149 Å². The molecule has 2 rings (SSSR count). The van der Waals surface area contributed by atoms with Gasteiger partial charge in [0.15, 0.2) is 11.5 Å². The van der Waals surface area contributed by atoms with E-state index in [0.29, 0.717) is 18.1 Å². The Bertz CT molecular complexity index is 697. The van der Waals surface area contributed by atoms with E-state index >= 15 is 0 Å². The lowest BCUT2D eigenvalue weighted by Crippen LogP contribution is -2.28. The molecule has 1 amide bonds. The van der Waals surface area contributed by atoms with Crippen molar-refractivity contribution in [2.75, 3.05) is 32.5 Å². The van der Waals surface area contributed by atoms with Gasteiger partial charge in [-0.1, -0.05) is 25.1 Å². The summed E-state index contributed by atoms with van der Waals surface area (Å²) in [6.07, 6.45) is 1.84. The minimum atomic E-state index is -0.192. The number of carbonyl (C=O) groups is 1. The molecule has 0 radical (unpaired) electrons. The van der Waals surface area contributed by atoms with Gasteiger partial charge in [0.2, 0.25) is 0 Å². The highest BCUT2D eigenvalue weighted by Gasteiger charge is 2.09. The zero-order chi connectivity index (χ0) is 18.2. The molecule has 0 aliphatic carbocycles. The van der Waals surface area contributed by atoms with Crippen LogP contribution in [0.2, 0.25) is 0 Å². The summed E-state index contributed by atoms with van der Waals surface area (Å²) in [5.41, 5.74) is 3.77. The van der Waals surface area contributed by atoms with E-state index in [4.69, 9.17) is 0 Å². The molecular weight excluding hydrogens is 314 g/mol. The molecule has 0 aliphatic heterocycles. The summed E-state index contributed by atoms with van der Waals surface area (Å²) in [6, 6.07) is 9.69. The van der Waals surface area contributed by atoms with Crippen LogP contribution in [0.3, 0.4) is 0 Å². The first-order valence-corrected chi connectivity index (χ1v) is 8.63. The highest BCUT2D eigenvalue weighted by molar-refractivity contribution is 5.92. The predicted octanol–water partition coefficient (Wildman–Crippen LogP) is 2.77. The second-order valence-electron chi connectivity index (χ2n) is 6.30. The van der Waals surface area contributed by atoms with E-state index in [1.807, 2.05) is 14.1 Å².